The van der Waals surface area contributed by atoms with Crippen LogP contribution in [0.25, 0.3) is 0 Å². The zero-order valence-corrected chi connectivity index (χ0v) is 20.0. The van der Waals surface area contributed by atoms with Crippen LogP contribution in [0.2, 0.25) is 5.02 Å². The first-order valence-electron chi connectivity index (χ1n) is 10.7. The van der Waals surface area contributed by atoms with E-state index in [1.807, 2.05) is 39.0 Å². The van der Waals surface area contributed by atoms with Gasteiger partial charge in [-0.05, 0) is 62.2 Å². The van der Waals surface area contributed by atoms with Crippen molar-refractivity contribution < 1.29 is 19.1 Å². The van der Waals surface area contributed by atoms with Crippen LogP contribution in [-0.4, -0.2) is 30.9 Å². The van der Waals surface area contributed by atoms with Gasteiger partial charge < -0.3 is 20.7 Å². The lowest BCUT2D eigenvalue weighted by Crippen LogP contribution is -2.36. The molecule has 0 saturated carbocycles. The maximum absolute atomic E-state index is 12.7. The minimum Gasteiger partial charge on any atom is -0.483 e. The lowest BCUT2D eigenvalue weighted by molar-refractivity contribution is -0.125. The third kappa shape index (κ3) is 6.83. The van der Waals surface area contributed by atoms with Crippen molar-refractivity contribution >= 4 is 40.7 Å². The summed E-state index contributed by atoms with van der Waals surface area (Å²) in [5.74, 6) is -1.08. The van der Waals surface area contributed by atoms with Gasteiger partial charge in [-0.1, -0.05) is 47.5 Å². The number of aryl methyl sites for hydroxylation is 3. The first-order chi connectivity index (χ1) is 16.2. The lowest BCUT2D eigenvalue weighted by Gasteiger charge is -2.14. The quantitative estimate of drug-likeness (QED) is 0.438. The van der Waals surface area contributed by atoms with Crippen LogP contribution in [-0.2, 0) is 9.59 Å². The van der Waals surface area contributed by atoms with Crippen LogP contribution in [0.15, 0.2) is 60.7 Å². The molecule has 0 bridgehead atoms. The highest BCUT2D eigenvalue weighted by Crippen LogP contribution is 2.24. The number of amides is 3. The SMILES string of the molecule is Cc1cc(C)c(NC(=O)CNC(=O)COc2ccc(Cl)cc2C(=O)Nc2ccccc2)c(C)c1. The van der Waals surface area contributed by atoms with Gasteiger partial charge in [0.1, 0.15) is 5.75 Å². The van der Waals surface area contributed by atoms with Gasteiger partial charge in [-0.25, -0.2) is 0 Å². The van der Waals surface area contributed by atoms with Crippen LogP contribution in [0, 0.1) is 20.8 Å². The molecule has 0 unspecified atom stereocenters. The van der Waals surface area contributed by atoms with Gasteiger partial charge in [-0.15, -0.1) is 0 Å². The van der Waals surface area contributed by atoms with E-state index < -0.39 is 11.8 Å². The van der Waals surface area contributed by atoms with Crippen molar-refractivity contribution in [3.63, 3.8) is 0 Å². The van der Waals surface area contributed by atoms with E-state index in [1.54, 1.807) is 30.3 Å². The molecule has 8 heteroatoms. The first kappa shape index (κ1) is 24.8. The largest absolute Gasteiger partial charge is 0.483 e. The predicted octanol–water partition coefficient (Wildman–Crippen LogP) is 4.65. The van der Waals surface area contributed by atoms with E-state index in [0.29, 0.717) is 10.7 Å². The van der Waals surface area contributed by atoms with Crippen LogP contribution >= 0.6 is 11.6 Å². The van der Waals surface area contributed by atoms with E-state index in [0.717, 1.165) is 22.4 Å². The lowest BCUT2D eigenvalue weighted by atomic mass is 10.1. The number of halogens is 1. The Bertz CT molecular complexity index is 1190. The topological polar surface area (TPSA) is 96.5 Å². The van der Waals surface area contributed by atoms with Crippen molar-refractivity contribution in [2.75, 3.05) is 23.8 Å². The summed E-state index contributed by atoms with van der Waals surface area (Å²) >= 11 is 6.05. The summed E-state index contributed by atoms with van der Waals surface area (Å²) in [5.41, 5.74) is 4.54. The zero-order chi connectivity index (χ0) is 24.7. The van der Waals surface area contributed by atoms with Crippen molar-refractivity contribution in [1.82, 2.24) is 5.32 Å². The van der Waals surface area contributed by atoms with Crippen LogP contribution < -0.4 is 20.7 Å². The Balaban J connectivity index is 1.56. The minimum atomic E-state index is -0.503. The van der Waals surface area contributed by atoms with E-state index in [1.165, 1.54) is 12.1 Å². The second kappa shape index (κ2) is 11.3. The fourth-order valence-corrected chi connectivity index (χ4v) is 3.63. The summed E-state index contributed by atoms with van der Waals surface area (Å²) in [5, 5.41) is 8.46. The van der Waals surface area contributed by atoms with Crippen molar-refractivity contribution in [1.29, 1.82) is 0 Å². The van der Waals surface area contributed by atoms with Gasteiger partial charge in [0, 0.05) is 16.4 Å². The Kier molecular flexibility index (Phi) is 8.27. The van der Waals surface area contributed by atoms with Gasteiger partial charge >= 0.3 is 0 Å². The number of carbonyl (C=O) groups is 3. The number of carbonyl (C=O) groups excluding carboxylic acids is 3. The van der Waals surface area contributed by atoms with Crippen molar-refractivity contribution in [3.8, 4) is 5.75 Å². The number of hydrogen-bond acceptors (Lipinski definition) is 4. The summed E-state index contributed by atoms with van der Waals surface area (Å²) < 4.78 is 5.55. The normalized spacial score (nSPS) is 10.4. The smallest absolute Gasteiger partial charge is 0.259 e. The van der Waals surface area contributed by atoms with Crippen molar-refractivity contribution in [3.05, 3.63) is 87.9 Å². The highest BCUT2D eigenvalue weighted by Gasteiger charge is 2.16. The molecule has 0 spiro atoms. The second-order valence-corrected chi connectivity index (χ2v) is 8.28. The second-order valence-electron chi connectivity index (χ2n) is 7.85. The van der Waals surface area contributed by atoms with E-state index >= 15 is 0 Å². The van der Waals surface area contributed by atoms with Crippen LogP contribution in [0.3, 0.4) is 0 Å². The minimum absolute atomic E-state index is 0.187. The van der Waals surface area contributed by atoms with Crippen LogP contribution in [0.5, 0.6) is 5.75 Å². The summed E-state index contributed by atoms with van der Waals surface area (Å²) in [6, 6.07) is 17.4. The molecule has 176 valence electrons. The molecule has 3 amide bonds. The van der Waals surface area contributed by atoms with Crippen LogP contribution in [0.1, 0.15) is 27.0 Å². The summed E-state index contributed by atoms with van der Waals surface area (Å²) in [6.07, 6.45) is 0. The molecule has 0 heterocycles. The number of benzene rings is 3. The zero-order valence-electron chi connectivity index (χ0n) is 19.2. The molecule has 7 nitrogen and oxygen atoms in total. The number of hydrogen-bond donors (Lipinski definition) is 3. The Labute approximate surface area is 203 Å². The molecule has 3 rings (SSSR count). The average Bonchev–Trinajstić information content (AvgIpc) is 2.79. The molecule has 34 heavy (non-hydrogen) atoms. The standard InChI is InChI=1S/C26H26ClN3O4/c1-16-11-17(2)25(18(3)12-16)30-23(31)14-28-24(32)15-34-22-10-9-19(27)13-21(22)26(33)29-20-7-5-4-6-8-20/h4-13H,14-15H2,1-3H3,(H,28,32)(H,29,33)(H,30,31). The third-order valence-corrected chi connectivity index (χ3v) is 5.20. The Morgan fingerprint density at radius 3 is 2.21 bits per heavy atom. The van der Waals surface area contributed by atoms with Gasteiger partial charge in [-0.2, -0.15) is 0 Å². The summed E-state index contributed by atoms with van der Waals surface area (Å²) in [7, 11) is 0. The molecule has 0 radical (unpaired) electrons. The monoisotopic (exact) mass is 479 g/mol. The Hall–Kier alpha value is -3.84. The van der Waals surface area contributed by atoms with Crippen molar-refractivity contribution in [2.24, 2.45) is 0 Å². The average molecular weight is 480 g/mol. The number of para-hydroxylation sites is 1. The van der Waals surface area contributed by atoms with Gasteiger partial charge in [0.2, 0.25) is 5.91 Å². The number of ether oxygens (including phenoxy) is 1. The molecule has 3 aromatic rings. The highest BCUT2D eigenvalue weighted by atomic mass is 35.5. The molecule has 3 aromatic carbocycles. The van der Waals surface area contributed by atoms with Gasteiger partial charge in [0.05, 0.1) is 12.1 Å². The highest BCUT2D eigenvalue weighted by molar-refractivity contribution is 6.31. The molecular formula is C26H26ClN3O4. The fourth-order valence-electron chi connectivity index (χ4n) is 3.46. The van der Waals surface area contributed by atoms with E-state index in [9.17, 15) is 14.4 Å². The van der Waals surface area contributed by atoms with Crippen molar-refractivity contribution in [2.45, 2.75) is 20.8 Å². The molecule has 0 aromatic heterocycles. The molecule has 0 fully saturated rings. The number of anilines is 2. The molecule has 0 aliphatic rings. The summed E-state index contributed by atoms with van der Waals surface area (Å²) in [4.78, 5) is 37.2. The van der Waals surface area contributed by atoms with Gasteiger partial charge in [0.15, 0.2) is 6.61 Å². The van der Waals surface area contributed by atoms with Gasteiger partial charge in [0.25, 0.3) is 11.8 Å². The first-order valence-corrected chi connectivity index (χ1v) is 11.0. The molecule has 3 N–H and O–H groups in total. The number of rotatable bonds is 8. The predicted molar refractivity (Wildman–Crippen MR) is 134 cm³/mol. The Morgan fingerprint density at radius 1 is 0.853 bits per heavy atom. The van der Waals surface area contributed by atoms with E-state index in [-0.39, 0.29) is 30.4 Å². The third-order valence-electron chi connectivity index (χ3n) is 4.96. The maximum atomic E-state index is 12.7. The molecule has 0 aliphatic heterocycles. The van der Waals surface area contributed by atoms with Crippen LogP contribution in [0.4, 0.5) is 11.4 Å². The van der Waals surface area contributed by atoms with E-state index in [2.05, 4.69) is 16.0 Å². The molecule has 0 aliphatic carbocycles. The molecular weight excluding hydrogens is 454 g/mol. The summed E-state index contributed by atoms with van der Waals surface area (Å²) in [6.45, 7) is 5.24. The van der Waals surface area contributed by atoms with Gasteiger partial charge in [-0.3, -0.25) is 14.4 Å². The Morgan fingerprint density at radius 2 is 1.53 bits per heavy atom. The van der Waals surface area contributed by atoms with E-state index in [4.69, 9.17) is 16.3 Å². The number of nitrogens with one attached hydrogen (secondary N) is 3. The maximum Gasteiger partial charge on any atom is 0.259 e. The molecule has 0 atom stereocenters. The fraction of sp³-hybridized carbons (Fsp3) is 0.192. The molecule has 0 saturated heterocycles.